The van der Waals surface area contributed by atoms with Crippen molar-refractivity contribution in [3.8, 4) is 0 Å². The highest BCUT2D eigenvalue weighted by Gasteiger charge is 2.25. The molecule has 4 rings (SSSR count). The van der Waals surface area contributed by atoms with Crippen molar-refractivity contribution in [2.75, 3.05) is 7.11 Å². The van der Waals surface area contributed by atoms with Gasteiger partial charge in [-0.05, 0) is 39.2 Å². The molecule has 4 aromatic rings. The number of benzene rings is 4. The summed E-state index contributed by atoms with van der Waals surface area (Å²) in [5, 5.41) is 6.17. The molecule has 5 heteroatoms. The Hall–Kier alpha value is -3.73. The molecular weight excluding hydrogens is 381 g/mol. The van der Waals surface area contributed by atoms with E-state index in [1.165, 1.54) is 13.2 Å². The fourth-order valence-corrected chi connectivity index (χ4v) is 3.71. The second kappa shape index (κ2) is 8.33. The van der Waals surface area contributed by atoms with Gasteiger partial charge in [-0.3, -0.25) is 4.79 Å². The van der Waals surface area contributed by atoms with Crippen LogP contribution in [-0.2, 0) is 16.0 Å². The summed E-state index contributed by atoms with van der Waals surface area (Å²) in [4.78, 5) is 25.7. The van der Waals surface area contributed by atoms with Crippen molar-refractivity contribution in [2.24, 2.45) is 0 Å². The van der Waals surface area contributed by atoms with Crippen LogP contribution in [0, 0.1) is 5.82 Å². The van der Waals surface area contributed by atoms with Crippen LogP contribution < -0.4 is 5.32 Å². The Morgan fingerprint density at radius 1 is 0.900 bits per heavy atom. The number of methoxy groups -OCH3 is 1. The first-order valence-electron chi connectivity index (χ1n) is 9.61. The molecule has 1 N–H and O–H groups in total. The van der Waals surface area contributed by atoms with Crippen LogP contribution >= 0.6 is 0 Å². The molecule has 4 aromatic carbocycles. The fraction of sp³-hybridized carbons (Fsp3) is 0.120. The van der Waals surface area contributed by atoms with Gasteiger partial charge in [0.1, 0.15) is 11.9 Å². The van der Waals surface area contributed by atoms with Crippen LogP contribution in [0.3, 0.4) is 0 Å². The van der Waals surface area contributed by atoms with E-state index in [1.54, 1.807) is 18.2 Å². The van der Waals surface area contributed by atoms with Crippen molar-refractivity contribution >= 4 is 33.4 Å². The van der Waals surface area contributed by atoms with Crippen LogP contribution in [0.2, 0.25) is 0 Å². The van der Waals surface area contributed by atoms with E-state index in [0.717, 1.165) is 21.5 Å². The summed E-state index contributed by atoms with van der Waals surface area (Å²) >= 11 is 0. The monoisotopic (exact) mass is 401 g/mol. The van der Waals surface area contributed by atoms with Crippen LogP contribution in [0.25, 0.3) is 21.5 Å². The number of ether oxygens (including phenoxy) is 1. The molecule has 150 valence electrons. The number of carbonyl (C=O) groups is 2. The second-order valence-electron chi connectivity index (χ2n) is 7.04. The quantitative estimate of drug-likeness (QED) is 0.391. The van der Waals surface area contributed by atoms with Crippen molar-refractivity contribution in [2.45, 2.75) is 12.5 Å². The van der Waals surface area contributed by atoms with E-state index in [-0.39, 0.29) is 6.42 Å². The van der Waals surface area contributed by atoms with Crippen LogP contribution in [0.5, 0.6) is 0 Å². The Balaban J connectivity index is 1.76. The number of hydrogen-bond acceptors (Lipinski definition) is 3. The first kappa shape index (κ1) is 19.6. The third-order valence-corrected chi connectivity index (χ3v) is 5.17. The highest BCUT2D eigenvalue weighted by molar-refractivity contribution is 6.18. The Labute approximate surface area is 173 Å². The Morgan fingerprint density at radius 2 is 1.47 bits per heavy atom. The first-order valence-corrected chi connectivity index (χ1v) is 9.61. The van der Waals surface area contributed by atoms with Gasteiger partial charge in [-0.15, -0.1) is 0 Å². The standard InChI is InChI=1S/C25H20FNO3/c1-30-25(29)22(15-18-10-4-7-13-21(18)26)27-24(28)23-19-11-5-2-8-16(19)14-17-9-3-6-12-20(17)23/h2-14,22H,15H2,1H3,(H,27,28)/t22-/m1/s1. The van der Waals surface area contributed by atoms with Crippen molar-refractivity contribution in [3.05, 3.63) is 95.8 Å². The third-order valence-electron chi connectivity index (χ3n) is 5.17. The molecule has 0 aliphatic carbocycles. The SMILES string of the molecule is COC(=O)[C@@H](Cc1ccccc1F)NC(=O)c1c2ccccc2cc2ccccc12. The molecule has 0 saturated carbocycles. The van der Waals surface area contributed by atoms with E-state index in [0.29, 0.717) is 11.1 Å². The summed E-state index contributed by atoms with van der Waals surface area (Å²) in [6.45, 7) is 0. The normalized spacial score (nSPS) is 11.9. The van der Waals surface area contributed by atoms with E-state index < -0.39 is 23.7 Å². The molecule has 0 fully saturated rings. The minimum Gasteiger partial charge on any atom is -0.467 e. The molecular formula is C25H20FNO3. The van der Waals surface area contributed by atoms with Gasteiger partial charge in [0, 0.05) is 6.42 Å². The van der Waals surface area contributed by atoms with Gasteiger partial charge >= 0.3 is 5.97 Å². The molecule has 0 spiro atoms. The lowest BCUT2D eigenvalue weighted by molar-refractivity contribution is -0.142. The van der Waals surface area contributed by atoms with E-state index in [2.05, 4.69) is 5.32 Å². The van der Waals surface area contributed by atoms with Crippen molar-refractivity contribution in [1.29, 1.82) is 0 Å². The number of carbonyl (C=O) groups excluding carboxylic acids is 2. The molecule has 1 amide bonds. The van der Waals surface area contributed by atoms with Crippen molar-refractivity contribution < 1.29 is 18.7 Å². The third kappa shape index (κ3) is 3.74. The summed E-state index contributed by atoms with van der Waals surface area (Å²) in [5.74, 6) is -1.47. The smallest absolute Gasteiger partial charge is 0.328 e. The van der Waals surface area contributed by atoms with E-state index >= 15 is 0 Å². The first-order chi connectivity index (χ1) is 14.6. The summed E-state index contributed by atoms with van der Waals surface area (Å²) in [7, 11) is 1.25. The molecule has 4 nitrogen and oxygen atoms in total. The lowest BCUT2D eigenvalue weighted by Crippen LogP contribution is -2.43. The predicted molar refractivity (Wildman–Crippen MR) is 115 cm³/mol. The lowest BCUT2D eigenvalue weighted by atomic mass is 9.95. The zero-order valence-corrected chi connectivity index (χ0v) is 16.4. The van der Waals surface area contributed by atoms with Gasteiger partial charge in [0.05, 0.1) is 12.7 Å². The molecule has 30 heavy (non-hydrogen) atoms. The number of rotatable bonds is 5. The van der Waals surface area contributed by atoms with E-state index in [9.17, 15) is 14.0 Å². The summed E-state index contributed by atoms with van der Waals surface area (Å²) in [6.07, 6.45) is -0.00617. The van der Waals surface area contributed by atoms with Gasteiger partial charge in [0.2, 0.25) is 0 Å². The Morgan fingerprint density at radius 3 is 2.07 bits per heavy atom. The average Bonchev–Trinajstić information content (AvgIpc) is 2.77. The Kier molecular flexibility index (Phi) is 5.44. The molecule has 0 radical (unpaired) electrons. The summed E-state index contributed by atoms with van der Waals surface area (Å²) in [6, 6.07) is 22.4. The number of hydrogen-bond donors (Lipinski definition) is 1. The number of nitrogens with one attached hydrogen (secondary N) is 1. The van der Waals surface area contributed by atoms with Crippen LogP contribution in [-0.4, -0.2) is 25.0 Å². The lowest BCUT2D eigenvalue weighted by Gasteiger charge is -2.19. The van der Waals surface area contributed by atoms with E-state index in [1.807, 2.05) is 54.6 Å². The molecule has 0 saturated heterocycles. The van der Waals surface area contributed by atoms with Gasteiger partial charge in [-0.2, -0.15) is 0 Å². The average molecular weight is 401 g/mol. The van der Waals surface area contributed by atoms with E-state index in [4.69, 9.17) is 4.74 Å². The summed E-state index contributed by atoms with van der Waals surface area (Å²) in [5.41, 5.74) is 0.808. The number of amides is 1. The number of fused-ring (bicyclic) bond motifs is 2. The topological polar surface area (TPSA) is 55.4 Å². The molecule has 1 atom stereocenters. The molecule has 0 aromatic heterocycles. The summed E-state index contributed by atoms with van der Waals surface area (Å²) < 4.78 is 19.0. The highest BCUT2D eigenvalue weighted by atomic mass is 19.1. The molecule has 0 heterocycles. The predicted octanol–water partition coefficient (Wildman–Crippen LogP) is 4.65. The van der Waals surface area contributed by atoms with Gasteiger partial charge < -0.3 is 10.1 Å². The fourth-order valence-electron chi connectivity index (χ4n) is 3.71. The number of esters is 1. The molecule has 0 bridgehead atoms. The Bertz CT molecular complexity index is 1200. The minimum atomic E-state index is -1.02. The maximum atomic E-state index is 14.1. The molecule has 0 aliphatic rings. The highest BCUT2D eigenvalue weighted by Crippen LogP contribution is 2.28. The zero-order chi connectivity index (χ0) is 21.1. The van der Waals surface area contributed by atoms with Gasteiger partial charge in [0.25, 0.3) is 5.91 Å². The van der Waals surface area contributed by atoms with Gasteiger partial charge in [0.15, 0.2) is 0 Å². The van der Waals surface area contributed by atoms with Gasteiger partial charge in [-0.1, -0.05) is 66.7 Å². The van der Waals surface area contributed by atoms with Crippen LogP contribution in [0.1, 0.15) is 15.9 Å². The minimum absolute atomic E-state index is 0.00617. The van der Waals surface area contributed by atoms with Crippen molar-refractivity contribution in [1.82, 2.24) is 5.32 Å². The number of halogens is 1. The van der Waals surface area contributed by atoms with Crippen molar-refractivity contribution in [3.63, 3.8) is 0 Å². The second-order valence-corrected chi connectivity index (χ2v) is 7.04. The van der Waals surface area contributed by atoms with Crippen LogP contribution in [0.4, 0.5) is 4.39 Å². The zero-order valence-electron chi connectivity index (χ0n) is 16.4. The van der Waals surface area contributed by atoms with Crippen LogP contribution in [0.15, 0.2) is 78.9 Å². The molecule has 0 unspecified atom stereocenters. The molecule has 0 aliphatic heterocycles. The maximum Gasteiger partial charge on any atom is 0.328 e. The largest absolute Gasteiger partial charge is 0.467 e. The van der Waals surface area contributed by atoms with Gasteiger partial charge in [-0.25, -0.2) is 9.18 Å². The maximum absolute atomic E-state index is 14.1.